The molecule has 0 saturated carbocycles. The van der Waals surface area contributed by atoms with Crippen molar-refractivity contribution in [2.24, 2.45) is 0 Å². The fourth-order valence-electron chi connectivity index (χ4n) is 2.33. The van der Waals surface area contributed by atoms with Gasteiger partial charge in [0.2, 0.25) is 5.95 Å². The van der Waals surface area contributed by atoms with E-state index in [-0.39, 0.29) is 0 Å². The van der Waals surface area contributed by atoms with Crippen LogP contribution in [0.3, 0.4) is 0 Å². The Bertz CT molecular complexity index is 803. The molecular weight excluding hydrogens is 314 g/mol. The lowest BCUT2D eigenvalue weighted by Crippen LogP contribution is -2.09. The Morgan fingerprint density at radius 2 is 1.76 bits per heavy atom. The van der Waals surface area contributed by atoms with Crippen molar-refractivity contribution >= 4 is 17.5 Å². The number of methoxy groups -OCH3 is 1. The Kier molecular flexibility index (Phi) is 5.41. The molecule has 1 heterocycles. The average molecular weight is 335 g/mol. The molecule has 0 saturated heterocycles. The van der Waals surface area contributed by atoms with E-state index in [2.05, 4.69) is 44.9 Å². The Hall–Kier alpha value is -3.15. The molecule has 128 valence electrons. The van der Waals surface area contributed by atoms with Crippen molar-refractivity contribution in [2.75, 3.05) is 24.3 Å². The molecule has 2 aromatic carbocycles. The normalized spacial score (nSPS) is 10.3. The quantitative estimate of drug-likeness (QED) is 0.687. The first-order chi connectivity index (χ1) is 12.2. The van der Waals surface area contributed by atoms with Gasteiger partial charge < -0.3 is 15.4 Å². The van der Waals surface area contributed by atoms with Crippen LogP contribution in [-0.2, 0) is 6.42 Å². The van der Waals surface area contributed by atoms with E-state index < -0.39 is 0 Å². The highest BCUT2D eigenvalue weighted by atomic mass is 16.5. The smallest absolute Gasteiger partial charge is 0.244 e. The highest BCUT2D eigenvalue weighted by molar-refractivity contribution is 5.56. The SMILES string of the molecule is COc1ccc(CCNc2nncc(Nc3ccc(C)cc3)n2)cc1. The predicted octanol–water partition coefficient (Wildman–Crippen LogP) is 3.59. The number of hydrogen-bond acceptors (Lipinski definition) is 6. The number of aryl methyl sites for hydroxylation is 1. The fraction of sp³-hybridized carbons (Fsp3) is 0.211. The number of rotatable bonds is 7. The van der Waals surface area contributed by atoms with Crippen LogP contribution < -0.4 is 15.4 Å². The van der Waals surface area contributed by atoms with E-state index in [1.807, 2.05) is 36.4 Å². The molecule has 0 amide bonds. The van der Waals surface area contributed by atoms with Crippen LogP contribution in [0, 0.1) is 6.92 Å². The zero-order valence-corrected chi connectivity index (χ0v) is 14.4. The van der Waals surface area contributed by atoms with Crippen molar-refractivity contribution < 1.29 is 4.74 Å². The maximum absolute atomic E-state index is 5.16. The topological polar surface area (TPSA) is 72.0 Å². The summed E-state index contributed by atoms with van der Waals surface area (Å²) < 4.78 is 5.16. The van der Waals surface area contributed by atoms with Crippen LogP contribution in [0.1, 0.15) is 11.1 Å². The van der Waals surface area contributed by atoms with Crippen LogP contribution in [-0.4, -0.2) is 28.8 Å². The molecule has 25 heavy (non-hydrogen) atoms. The summed E-state index contributed by atoms with van der Waals surface area (Å²) in [4.78, 5) is 4.43. The molecule has 0 atom stereocenters. The third-order valence-electron chi connectivity index (χ3n) is 3.74. The molecule has 0 unspecified atom stereocenters. The first-order valence-electron chi connectivity index (χ1n) is 8.13. The minimum atomic E-state index is 0.505. The summed E-state index contributed by atoms with van der Waals surface area (Å²) in [6, 6.07) is 16.1. The van der Waals surface area contributed by atoms with Crippen LogP contribution in [0.4, 0.5) is 17.5 Å². The molecule has 3 rings (SSSR count). The van der Waals surface area contributed by atoms with E-state index in [9.17, 15) is 0 Å². The maximum Gasteiger partial charge on any atom is 0.244 e. The van der Waals surface area contributed by atoms with Gasteiger partial charge in [-0.25, -0.2) is 0 Å². The Balaban J connectivity index is 1.55. The lowest BCUT2D eigenvalue weighted by atomic mass is 10.1. The molecule has 6 nitrogen and oxygen atoms in total. The fourth-order valence-corrected chi connectivity index (χ4v) is 2.33. The number of benzene rings is 2. The molecular formula is C19H21N5O. The van der Waals surface area contributed by atoms with Gasteiger partial charge in [-0.2, -0.15) is 10.1 Å². The second kappa shape index (κ2) is 8.10. The van der Waals surface area contributed by atoms with Crippen LogP contribution in [0.25, 0.3) is 0 Å². The van der Waals surface area contributed by atoms with Gasteiger partial charge >= 0.3 is 0 Å². The lowest BCUT2D eigenvalue weighted by Gasteiger charge is -2.08. The number of nitrogens with one attached hydrogen (secondary N) is 2. The summed E-state index contributed by atoms with van der Waals surface area (Å²) in [5.41, 5.74) is 3.40. The molecule has 0 aliphatic heterocycles. The summed E-state index contributed by atoms with van der Waals surface area (Å²) in [7, 11) is 1.67. The Morgan fingerprint density at radius 3 is 2.48 bits per heavy atom. The molecule has 6 heteroatoms. The van der Waals surface area contributed by atoms with E-state index in [1.165, 1.54) is 11.1 Å². The number of anilines is 3. The van der Waals surface area contributed by atoms with Gasteiger partial charge in [-0.3, -0.25) is 0 Å². The Morgan fingerprint density at radius 1 is 1.00 bits per heavy atom. The van der Waals surface area contributed by atoms with E-state index in [0.717, 1.165) is 24.4 Å². The van der Waals surface area contributed by atoms with Crippen molar-refractivity contribution in [2.45, 2.75) is 13.3 Å². The molecule has 0 radical (unpaired) electrons. The average Bonchev–Trinajstić information content (AvgIpc) is 2.65. The highest BCUT2D eigenvalue weighted by Gasteiger charge is 2.02. The van der Waals surface area contributed by atoms with Gasteiger partial charge in [0.15, 0.2) is 5.82 Å². The van der Waals surface area contributed by atoms with Gasteiger partial charge in [-0.1, -0.05) is 29.8 Å². The molecule has 0 fully saturated rings. The molecule has 3 aromatic rings. The van der Waals surface area contributed by atoms with Crippen molar-refractivity contribution in [3.63, 3.8) is 0 Å². The van der Waals surface area contributed by atoms with Gasteiger partial charge in [0.05, 0.1) is 13.3 Å². The van der Waals surface area contributed by atoms with Crippen LogP contribution >= 0.6 is 0 Å². The Labute approximate surface area is 147 Å². The second-order valence-corrected chi connectivity index (χ2v) is 5.68. The number of aromatic nitrogens is 3. The molecule has 0 spiro atoms. The van der Waals surface area contributed by atoms with Crippen molar-refractivity contribution in [3.05, 3.63) is 65.9 Å². The van der Waals surface area contributed by atoms with E-state index in [1.54, 1.807) is 13.3 Å². The summed E-state index contributed by atoms with van der Waals surface area (Å²) >= 11 is 0. The van der Waals surface area contributed by atoms with E-state index >= 15 is 0 Å². The van der Waals surface area contributed by atoms with Crippen LogP contribution in [0.15, 0.2) is 54.7 Å². The van der Waals surface area contributed by atoms with Gasteiger partial charge in [0.25, 0.3) is 0 Å². The van der Waals surface area contributed by atoms with Crippen LogP contribution in [0.2, 0.25) is 0 Å². The minimum Gasteiger partial charge on any atom is -0.497 e. The number of ether oxygens (including phenoxy) is 1. The van der Waals surface area contributed by atoms with Gasteiger partial charge in [0, 0.05) is 12.2 Å². The summed E-state index contributed by atoms with van der Waals surface area (Å²) in [6.45, 7) is 2.78. The molecule has 0 bridgehead atoms. The summed E-state index contributed by atoms with van der Waals surface area (Å²) in [5, 5.41) is 14.4. The maximum atomic E-state index is 5.16. The number of hydrogen-bond donors (Lipinski definition) is 2. The van der Waals surface area contributed by atoms with Gasteiger partial charge in [-0.05, 0) is 43.2 Å². The first kappa shape index (κ1) is 16.7. The zero-order valence-electron chi connectivity index (χ0n) is 14.4. The molecule has 1 aromatic heterocycles. The van der Waals surface area contributed by atoms with Crippen molar-refractivity contribution in [3.8, 4) is 5.75 Å². The van der Waals surface area contributed by atoms with Crippen molar-refractivity contribution in [1.82, 2.24) is 15.2 Å². The summed E-state index contributed by atoms with van der Waals surface area (Å²) in [5.74, 6) is 2.02. The van der Waals surface area contributed by atoms with Crippen LogP contribution in [0.5, 0.6) is 5.75 Å². The number of nitrogens with zero attached hydrogens (tertiary/aromatic N) is 3. The zero-order chi connectivity index (χ0) is 17.5. The monoisotopic (exact) mass is 335 g/mol. The van der Waals surface area contributed by atoms with Gasteiger partial charge in [0.1, 0.15) is 5.75 Å². The summed E-state index contributed by atoms with van der Waals surface area (Å²) in [6.07, 6.45) is 2.47. The molecule has 0 aliphatic rings. The molecule has 2 N–H and O–H groups in total. The molecule has 0 aliphatic carbocycles. The minimum absolute atomic E-state index is 0.505. The van der Waals surface area contributed by atoms with Crippen molar-refractivity contribution in [1.29, 1.82) is 0 Å². The van der Waals surface area contributed by atoms with E-state index in [4.69, 9.17) is 4.74 Å². The van der Waals surface area contributed by atoms with Gasteiger partial charge in [-0.15, -0.1) is 5.10 Å². The predicted molar refractivity (Wildman–Crippen MR) is 99.5 cm³/mol. The third-order valence-corrected chi connectivity index (χ3v) is 3.74. The first-order valence-corrected chi connectivity index (χ1v) is 8.13. The highest BCUT2D eigenvalue weighted by Crippen LogP contribution is 2.15. The second-order valence-electron chi connectivity index (χ2n) is 5.68. The largest absolute Gasteiger partial charge is 0.497 e. The lowest BCUT2D eigenvalue weighted by molar-refractivity contribution is 0.414. The third kappa shape index (κ3) is 4.91. The van der Waals surface area contributed by atoms with E-state index in [0.29, 0.717) is 11.8 Å². The standard InChI is InChI=1S/C19H21N5O/c1-14-3-7-16(8-4-14)22-18-13-21-24-19(23-18)20-12-11-15-5-9-17(25-2)10-6-15/h3-10,13H,11-12H2,1-2H3,(H2,20,22,23,24).